The van der Waals surface area contributed by atoms with Gasteiger partial charge in [-0.2, -0.15) is 12.6 Å². The van der Waals surface area contributed by atoms with Crippen molar-refractivity contribution in [3.8, 4) is 5.75 Å². The van der Waals surface area contributed by atoms with Gasteiger partial charge in [0.05, 0.1) is 6.20 Å². The van der Waals surface area contributed by atoms with Crippen LogP contribution >= 0.6 is 12.6 Å². The van der Waals surface area contributed by atoms with Gasteiger partial charge in [-0.3, -0.25) is 4.98 Å². The second kappa shape index (κ2) is 4.03. The smallest absolute Gasteiger partial charge is 0.134 e. The summed E-state index contributed by atoms with van der Waals surface area (Å²) >= 11 is 4.01. The lowest BCUT2D eigenvalue weighted by molar-refractivity contribution is 0.472. The zero-order valence-electron chi connectivity index (χ0n) is 5.94. The van der Waals surface area contributed by atoms with Crippen molar-refractivity contribution in [1.29, 1.82) is 0 Å². The van der Waals surface area contributed by atoms with Crippen molar-refractivity contribution < 1.29 is 5.11 Å². The van der Waals surface area contributed by atoms with Crippen molar-refractivity contribution in [2.45, 2.75) is 0 Å². The molecule has 1 aromatic rings. The molecule has 0 spiro atoms. The maximum Gasteiger partial charge on any atom is 0.134 e. The number of hydrogen-bond acceptors (Lipinski definition) is 3. The van der Waals surface area contributed by atoms with Crippen molar-refractivity contribution >= 4 is 18.7 Å². The average molecular weight is 167 g/mol. The third-order valence-electron chi connectivity index (χ3n) is 1.16. The van der Waals surface area contributed by atoms with Crippen LogP contribution in [0.25, 0.3) is 6.08 Å². The second-order valence-electron chi connectivity index (χ2n) is 2.06. The van der Waals surface area contributed by atoms with Crippen LogP contribution in [-0.2, 0) is 0 Å². The maximum absolute atomic E-state index is 9.00. The first kappa shape index (κ1) is 8.14. The molecule has 0 aliphatic rings. The Labute approximate surface area is 71.0 Å². The van der Waals surface area contributed by atoms with Crippen molar-refractivity contribution in [2.24, 2.45) is 0 Å². The third-order valence-corrected chi connectivity index (χ3v) is 1.37. The van der Waals surface area contributed by atoms with E-state index >= 15 is 0 Å². The van der Waals surface area contributed by atoms with Gasteiger partial charge in [0.25, 0.3) is 0 Å². The molecular weight excluding hydrogens is 158 g/mol. The topological polar surface area (TPSA) is 33.1 Å². The molecule has 0 amide bonds. The van der Waals surface area contributed by atoms with Gasteiger partial charge >= 0.3 is 0 Å². The molecule has 2 nitrogen and oxygen atoms in total. The van der Waals surface area contributed by atoms with Crippen molar-refractivity contribution in [3.63, 3.8) is 0 Å². The van der Waals surface area contributed by atoms with Crippen LogP contribution in [0.5, 0.6) is 5.75 Å². The number of rotatable bonds is 2. The first-order valence-electron chi connectivity index (χ1n) is 3.24. The third kappa shape index (κ3) is 2.63. The van der Waals surface area contributed by atoms with E-state index in [1.807, 2.05) is 12.2 Å². The van der Waals surface area contributed by atoms with Crippen LogP contribution in [0.3, 0.4) is 0 Å². The maximum atomic E-state index is 9.00. The highest BCUT2D eigenvalue weighted by Crippen LogP contribution is 2.09. The highest BCUT2D eigenvalue weighted by atomic mass is 32.1. The lowest BCUT2D eigenvalue weighted by Gasteiger charge is -1.92. The number of thiol groups is 1. The monoisotopic (exact) mass is 167 g/mol. The molecule has 1 rings (SSSR count). The predicted octanol–water partition coefficient (Wildman–Crippen LogP) is 1.73. The van der Waals surface area contributed by atoms with Crippen LogP contribution in [0.4, 0.5) is 0 Å². The van der Waals surface area contributed by atoms with Gasteiger partial charge in [0.1, 0.15) is 5.75 Å². The summed E-state index contributed by atoms with van der Waals surface area (Å²) in [5, 5.41) is 9.00. The van der Waals surface area contributed by atoms with Gasteiger partial charge in [-0.1, -0.05) is 12.2 Å². The van der Waals surface area contributed by atoms with Gasteiger partial charge in [0, 0.05) is 11.9 Å². The fourth-order valence-electron chi connectivity index (χ4n) is 0.725. The van der Waals surface area contributed by atoms with E-state index in [0.29, 0.717) is 5.75 Å². The van der Waals surface area contributed by atoms with Gasteiger partial charge in [0.2, 0.25) is 0 Å². The molecule has 0 aromatic carbocycles. The number of aromatic hydroxyl groups is 1. The lowest BCUT2D eigenvalue weighted by Crippen LogP contribution is -1.75. The highest BCUT2D eigenvalue weighted by molar-refractivity contribution is 7.80. The number of hydrogen-bond donors (Lipinski definition) is 2. The molecule has 0 bridgehead atoms. The van der Waals surface area contributed by atoms with E-state index in [4.69, 9.17) is 5.11 Å². The first-order valence-corrected chi connectivity index (χ1v) is 3.87. The summed E-state index contributed by atoms with van der Waals surface area (Å²) in [6, 6.07) is 1.65. The Hall–Kier alpha value is -0.960. The minimum Gasteiger partial charge on any atom is -0.506 e. The number of nitrogens with zero attached hydrogens (tertiary/aromatic N) is 1. The Bertz CT molecular complexity index is 260. The fraction of sp³-hybridized carbons (Fsp3) is 0.125. The van der Waals surface area contributed by atoms with E-state index in [9.17, 15) is 0 Å². The van der Waals surface area contributed by atoms with Gasteiger partial charge in [0.15, 0.2) is 0 Å². The summed E-state index contributed by atoms with van der Waals surface area (Å²) < 4.78 is 0. The Morgan fingerprint density at radius 2 is 2.36 bits per heavy atom. The molecule has 0 unspecified atom stereocenters. The summed E-state index contributed by atoms with van der Waals surface area (Å²) in [4.78, 5) is 3.81. The molecule has 3 heteroatoms. The minimum atomic E-state index is 0.186. The Balaban J connectivity index is 2.79. The SMILES string of the molecule is Oc1cncc(C=CCS)c1. The molecule has 0 fully saturated rings. The fourth-order valence-corrected chi connectivity index (χ4v) is 0.830. The zero-order chi connectivity index (χ0) is 8.10. The Kier molecular flexibility index (Phi) is 2.98. The van der Waals surface area contributed by atoms with Crippen LogP contribution in [0, 0.1) is 0 Å². The highest BCUT2D eigenvalue weighted by Gasteiger charge is 1.88. The van der Waals surface area contributed by atoms with Crippen molar-refractivity contribution in [1.82, 2.24) is 4.98 Å². The molecule has 0 atom stereocenters. The van der Waals surface area contributed by atoms with E-state index in [1.54, 1.807) is 12.3 Å². The van der Waals surface area contributed by atoms with Crippen LogP contribution in [0.15, 0.2) is 24.5 Å². The molecule has 1 heterocycles. The van der Waals surface area contributed by atoms with Gasteiger partial charge in [-0.15, -0.1) is 0 Å². The zero-order valence-corrected chi connectivity index (χ0v) is 6.83. The number of aromatic nitrogens is 1. The standard InChI is InChI=1S/C8H9NOS/c10-8-4-7(2-1-3-11)5-9-6-8/h1-2,4-6,10-11H,3H2. The summed E-state index contributed by atoms with van der Waals surface area (Å²) in [5.41, 5.74) is 0.888. The van der Waals surface area contributed by atoms with Crippen molar-refractivity contribution in [2.75, 3.05) is 5.75 Å². The van der Waals surface area contributed by atoms with Gasteiger partial charge in [-0.25, -0.2) is 0 Å². The Morgan fingerprint density at radius 1 is 1.55 bits per heavy atom. The van der Waals surface area contributed by atoms with Crippen LogP contribution < -0.4 is 0 Å². The molecule has 1 N–H and O–H groups in total. The van der Waals surface area contributed by atoms with Crippen LogP contribution in [0.1, 0.15) is 5.56 Å². The van der Waals surface area contributed by atoms with Gasteiger partial charge < -0.3 is 5.11 Å². The summed E-state index contributed by atoms with van der Waals surface area (Å²) in [6.07, 6.45) is 6.83. The molecule has 0 aliphatic heterocycles. The van der Waals surface area contributed by atoms with E-state index in [0.717, 1.165) is 5.56 Å². The van der Waals surface area contributed by atoms with Crippen LogP contribution in [0.2, 0.25) is 0 Å². The molecule has 0 saturated heterocycles. The molecule has 0 aliphatic carbocycles. The molecule has 1 aromatic heterocycles. The molecule has 0 radical (unpaired) electrons. The first-order chi connectivity index (χ1) is 5.33. The molecule has 11 heavy (non-hydrogen) atoms. The molecule has 0 saturated carbocycles. The van der Waals surface area contributed by atoms with Gasteiger partial charge in [-0.05, 0) is 11.6 Å². The average Bonchev–Trinajstić information content (AvgIpc) is 2.01. The molecular formula is C8H9NOS. The van der Waals surface area contributed by atoms with Crippen molar-refractivity contribution in [3.05, 3.63) is 30.1 Å². The second-order valence-corrected chi connectivity index (χ2v) is 2.43. The largest absolute Gasteiger partial charge is 0.506 e. The normalized spacial score (nSPS) is 10.6. The summed E-state index contributed by atoms with van der Waals surface area (Å²) in [6.45, 7) is 0. The number of pyridine rings is 1. The van der Waals surface area contributed by atoms with E-state index < -0.39 is 0 Å². The van der Waals surface area contributed by atoms with E-state index in [1.165, 1.54) is 6.20 Å². The summed E-state index contributed by atoms with van der Waals surface area (Å²) in [7, 11) is 0. The van der Waals surface area contributed by atoms with Crippen LogP contribution in [-0.4, -0.2) is 15.8 Å². The Morgan fingerprint density at radius 3 is 3.00 bits per heavy atom. The minimum absolute atomic E-state index is 0.186. The van der Waals surface area contributed by atoms with E-state index in [2.05, 4.69) is 17.6 Å². The quantitative estimate of drug-likeness (QED) is 0.658. The summed E-state index contributed by atoms with van der Waals surface area (Å²) in [5.74, 6) is 0.877. The predicted molar refractivity (Wildman–Crippen MR) is 48.8 cm³/mol. The van der Waals surface area contributed by atoms with E-state index in [-0.39, 0.29) is 5.75 Å². The molecule has 58 valence electrons. The lowest BCUT2D eigenvalue weighted by atomic mass is 10.2.